The first-order chi connectivity index (χ1) is 15.0. The van der Waals surface area contributed by atoms with Crippen molar-refractivity contribution >= 4 is 5.57 Å². The van der Waals surface area contributed by atoms with Crippen LogP contribution in [0.1, 0.15) is 35.3 Å². The van der Waals surface area contributed by atoms with Crippen molar-refractivity contribution in [3.8, 4) is 11.5 Å². The predicted molar refractivity (Wildman–Crippen MR) is 127 cm³/mol. The Kier molecular flexibility index (Phi) is 7.47. The molecule has 0 amide bonds. The lowest BCUT2D eigenvalue weighted by atomic mass is 10.0. The molecule has 0 aliphatic rings. The molecule has 158 valence electrons. The van der Waals surface area contributed by atoms with Gasteiger partial charge < -0.3 is 14.6 Å². The van der Waals surface area contributed by atoms with E-state index in [9.17, 15) is 5.11 Å². The molecule has 0 aliphatic carbocycles. The second kappa shape index (κ2) is 10.5. The summed E-state index contributed by atoms with van der Waals surface area (Å²) in [6, 6.07) is 23.2. The summed E-state index contributed by atoms with van der Waals surface area (Å²) in [5, 5.41) is 10.6. The topological polar surface area (TPSA) is 38.7 Å². The lowest BCUT2D eigenvalue weighted by Crippen LogP contribution is -1.99. The third-order valence-electron chi connectivity index (χ3n) is 5.02. The van der Waals surface area contributed by atoms with E-state index in [2.05, 4.69) is 6.58 Å². The molecule has 0 saturated heterocycles. The number of ether oxygens (including phenoxy) is 2. The van der Waals surface area contributed by atoms with E-state index in [1.165, 1.54) is 5.56 Å². The summed E-state index contributed by atoms with van der Waals surface area (Å²) in [6.45, 7) is 8.00. The smallest absolute Gasteiger partial charge is 0.127 e. The number of hydrogen-bond donors (Lipinski definition) is 1. The Morgan fingerprint density at radius 3 is 1.94 bits per heavy atom. The second-order valence-electron chi connectivity index (χ2n) is 7.26. The number of benzene rings is 3. The first kappa shape index (κ1) is 22.1. The van der Waals surface area contributed by atoms with Gasteiger partial charge in [0.05, 0.1) is 7.11 Å². The average molecular weight is 413 g/mol. The average Bonchev–Trinajstić information content (AvgIpc) is 2.80. The summed E-state index contributed by atoms with van der Waals surface area (Å²) in [4.78, 5) is 0. The normalized spacial score (nSPS) is 12.6. The third-order valence-corrected chi connectivity index (χ3v) is 5.02. The van der Waals surface area contributed by atoms with E-state index in [0.717, 1.165) is 28.0 Å². The lowest BCUT2D eigenvalue weighted by molar-refractivity contribution is 0.220. The molecule has 3 nitrogen and oxygen atoms in total. The Bertz CT molecular complexity index is 1060. The molecule has 3 heteroatoms. The van der Waals surface area contributed by atoms with Crippen LogP contribution in [0.4, 0.5) is 0 Å². The van der Waals surface area contributed by atoms with Crippen LogP contribution in [0.3, 0.4) is 0 Å². The summed E-state index contributed by atoms with van der Waals surface area (Å²) >= 11 is 0. The van der Waals surface area contributed by atoms with Crippen LogP contribution >= 0.6 is 0 Å². The number of aliphatic hydroxyl groups is 1. The molecule has 0 spiro atoms. The van der Waals surface area contributed by atoms with Crippen LogP contribution in [0.25, 0.3) is 5.57 Å². The summed E-state index contributed by atoms with van der Waals surface area (Å²) < 4.78 is 11.0. The highest BCUT2D eigenvalue weighted by atomic mass is 16.5. The first-order valence-electron chi connectivity index (χ1n) is 10.2. The zero-order valence-corrected chi connectivity index (χ0v) is 18.2. The van der Waals surface area contributed by atoms with Crippen molar-refractivity contribution in [3.63, 3.8) is 0 Å². The van der Waals surface area contributed by atoms with Gasteiger partial charge in [-0.3, -0.25) is 0 Å². The van der Waals surface area contributed by atoms with Gasteiger partial charge in [-0.05, 0) is 66.5 Å². The maximum absolute atomic E-state index is 10.6. The van der Waals surface area contributed by atoms with Crippen LogP contribution in [-0.4, -0.2) is 12.2 Å². The maximum atomic E-state index is 10.6. The van der Waals surface area contributed by atoms with E-state index in [4.69, 9.17) is 9.47 Å². The highest BCUT2D eigenvalue weighted by Crippen LogP contribution is 2.25. The molecule has 0 bridgehead atoms. The number of methoxy groups -OCH3 is 1. The van der Waals surface area contributed by atoms with E-state index in [-0.39, 0.29) is 0 Å². The molecule has 31 heavy (non-hydrogen) atoms. The second-order valence-corrected chi connectivity index (χ2v) is 7.26. The van der Waals surface area contributed by atoms with Crippen molar-refractivity contribution < 1.29 is 14.6 Å². The van der Waals surface area contributed by atoms with Gasteiger partial charge in [-0.1, -0.05) is 72.8 Å². The van der Waals surface area contributed by atoms with Gasteiger partial charge in [0.1, 0.15) is 23.4 Å². The summed E-state index contributed by atoms with van der Waals surface area (Å²) in [5.74, 6) is 2.02. The Balaban J connectivity index is 1.62. The summed E-state index contributed by atoms with van der Waals surface area (Å²) in [7, 11) is 1.66. The fraction of sp³-hybridized carbons (Fsp3) is 0.143. The molecule has 3 aromatic carbocycles. The summed E-state index contributed by atoms with van der Waals surface area (Å²) in [5.41, 5.74) is 4.99. The Morgan fingerprint density at radius 2 is 1.39 bits per heavy atom. The molecule has 3 aromatic rings. The van der Waals surface area contributed by atoms with Gasteiger partial charge in [-0.2, -0.15) is 0 Å². The minimum atomic E-state index is -0.667. The maximum Gasteiger partial charge on any atom is 0.127 e. The van der Waals surface area contributed by atoms with Crippen LogP contribution < -0.4 is 9.47 Å². The fourth-order valence-corrected chi connectivity index (χ4v) is 3.17. The minimum absolute atomic E-state index is 0.527. The molecule has 1 N–H and O–H groups in total. The predicted octanol–water partition coefficient (Wildman–Crippen LogP) is 6.64. The van der Waals surface area contributed by atoms with Gasteiger partial charge in [-0.15, -0.1) is 0 Å². The van der Waals surface area contributed by atoms with Crippen LogP contribution in [0.5, 0.6) is 11.5 Å². The number of aliphatic hydroxyl groups excluding tert-OH is 1. The van der Waals surface area contributed by atoms with Crippen LogP contribution in [0, 0.1) is 6.92 Å². The number of rotatable bonds is 8. The molecule has 3 rings (SSSR count). The van der Waals surface area contributed by atoms with E-state index >= 15 is 0 Å². The number of aryl methyl sites for hydroxylation is 1. The largest absolute Gasteiger partial charge is 0.497 e. The third kappa shape index (κ3) is 5.97. The Morgan fingerprint density at radius 1 is 0.839 bits per heavy atom. The Labute approximate surface area is 184 Å². The zero-order valence-electron chi connectivity index (χ0n) is 18.2. The van der Waals surface area contributed by atoms with Gasteiger partial charge >= 0.3 is 0 Å². The van der Waals surface area contributed by atoms with E-state index < -0.39 is 6.10 Å². The zero-order chi connectivity index (χ0) is 22.2. The molecule has 0 radical (unpaired) electrons. The molecular formula is C28H28O3. The van der Waals surface area contributed by atoms with Gasteiger partial charge in [0.25, 0.3) is 0 Å². The molecule has 0 fully saturated rings. The fourth-order valence-electron chi connectivity index (χ4n) is 3.17. The van der Waals surface area contributed by atoms with Crippen LogP contribution in [0.15, 0.2) is 103 Å². The molecule has 0 aromatic heterocycles. The molecule has 0 saturated carbocycles. The highest BCUT2D eigenvalue weighted by Gasteiger charge is 2.10. The minimum Gasteiger partial charge on any atom is -0.497 e. The van der Waals surface area contributed by atoms with E-state index in [1.807, 2.05) is 105 Å². The van der Waals surface area contributed by atoms with Crippen molar-refractivity contribution in [2.45, 2.75) is 20.0 Å². The standard InChI is InChI=1S/C28H28O3/c1-5-22(23-12-16-26(30-4)17-13-23)11-8-21(3)31-27-18-14-25(15-19-27)28(29)24-9-6-20(2)7-10-24/h5-19,28-29H,3H2,1-2,4H3/b11-8-,22-5+. The van der Waals surface area contributed by atoms with Gasteiger partial charge in [0.2, 0.25) is 0 Å². The molecule has 0 aliphatic heterocycles. The van der Waals surface area contributed by atoms with Crippen molar-refractivity contribution in [1.82, 2.24) is 0 Å². The van der Waals surface area contributed by atoms with Gasteiger partial charge in [-0.25, -0.2) is 0 Å². The molecule has 1 atom stereocenters. The lowest BCUT2D eigenvalue weighted by Gasteiger charge is -2.13. The van der Waals surface area contributed by atoms with Crippen molar-refractivity contribution in [2.75, 3.05) is 7.11 Å². The first-order valence-corrected chi connectivity index (χ1v) is 10.2. The van der Waals surface area contributed by atoms with E-state index in [1.54, 1.807) is 7.11 Å². The number of hydrogen-bond acceptors (Lipinski definition) is 3. The monoisotopic (exact) mass is 412 g/mol. The molecule has 0 heterocycles. The van der Waals surface area contributed by atoms with Crippen LogP contribution in [0.2, 0.25) is 0 Å². The van der Waals surface area contributed by atoms with Crippen molar-refractivity contribution in [1.29, 1.82) is 0 Å². The SMILES string of the molecule is C=C(/C=C\C(=C/C)c1ccc(OC)cc1)Oc1ccc(C(O)c2ccc(C)cc2)cc1. The highest BCUT2D eigenvalue weighted by molar-refractivity contribution is 5.74. The van der Waals surface area contributed by atoms with Crippen molar-refractivity contribution in [3.05, 3.63) is 126 Å². The van der Waals surface area contributed by atoms with Gasteiger partial charge in [0, 0.05) is 0 Å². The van der Waals surface area contributed by atoms with E-state index in [0.29, 0.717) is 11.5 Å². The number of allylic oxidation sites excluding steroid dienone is 4. The molecule has 1 unspecified atom stereocenters. The quantitative estimate of drug-likeness (QED) is 0.333. The van der Waals surface area contributed by atoms with Crippen LogP contribution in [-0.2, 0) is 0 Å². The summed E-state index contributed by atoms with van der Waals surface area (Å²) in [6.07, 6.45) is 5.18. The molecular weight excluding hydrogens is 384 g/mol. The van der Waals surface area contributed by atoms with Gasteiger partial charge in [0.15, 0.2) is 0 Å². The Hall–Kier alpha value is -3.56. The van der Waals surface area contributed by atoms with Crippen molar-refractivity contribution in [2.24, 2.45) is 0 Å².